The quantitative estimate of drug-likeness (QED) is 0.679. The van der Waals surface area contributed by atoms with Crippen molar-refractivity contribution in [3.8, 4) is 0 Å². The van der Waals surface area contributed by atoms with Gasteiger partial charge in [-0.05, 0) is 25.5 Å². The highest BCUT2D eigenvalue weighted by atomic mass is 31.1. The van der Waals surface area contributed by atoms with Gasteiger partial charge in [0.25, 0.3) is 0 Å². The Bertz CT molecular complexity index is 299. The van der Waals surface area contributed by atoms with Gasteiger partial charge in [-0.25, -0.2) is 4.39 Å². The molecule has 0 radical (unpaired) electrons. The molecule has 0 bridgehead atoms. The number of halogens is 2. The molecule has 0 saturated heterocycles. The van der Waals surface area contributed by atoms with Crippen LogP contribution >= 0.6 is 7.92 Å². The summed E-state index contributed by atoms with van der Waals surface area (Å²) in [6, 6.07) is 4.51. The van der Waals surface area contributed by atoms with Crippen molar-refractivity contribution < 1.29 is 8.78 Å². The van der Waals surface area contributed by atoms with Crippen LogP contribution < -0.4 is 5.30 Å². The molecule has 0 fully saturated rings. The number of rotatable bonds is 4. The fourth-order valence-electron chi connectivity index (χ4n) is 1.58. The second-order valence-corrected chi connectivity index (χ2v) is 6.26. The Kier molecular flexibility index (Phi) is 4.47. The Hall–Kier alpha value is -0.490. The summed E-state index contributed by atoms with van der Waals surface area (Å²) in [6.07, 6.45) is 3.01. The lowest BCUT2D eigenvalue weighted by molar-refractivity contribution is 0.514. The zero-order valence-corrected chi connectivity index (χ0v) is 9.61. The van der Waals surface area contributed by atoms with Crippen LogP contribution in [0.4, 0.5) is 8.78 Å². The first-order valence-electron chi connectivity index (χ1n) is 4.99. The summed E-state index contributed by atoms with van der Waals surface area (Å²) in [6.45, 7) is 4.13. The van der Waals surface area contributed by atoms with Gasteiger partial charge in [0.2, 0.25) is 5.82 Å². The van der Waals surface area contributed by atoms with Crippen LogP contribution in [0, 0.1) is 11.6 Å². The van der Waals surface area contributed by atoms with E-state index in [1.807, 2.05) is 6.92 Å². The highest BCUT2D eigenvalue weighted by molar-refractivity contribution is 7.65. The second kappa shape index (κ2) is 5.41. The molecule has 0 nitrogen and oxygen atoms in total. The van der Waals surface area contributed by atoms with Gasteiger partial charge in [0.1, 0.15) is 5.30 Å². The van der Waals surface area contributed by atoms with Gasteiger partial charge in [-0.1, -0.05) is 13.0 Å². The lowest BCUT2D eigenvalue weighted by Crippen LogP contribution is -2.11. The summed E-state index contributed by atoms with van der Waals surface area (Å²) in [5, 5.41) is 0.624. The third kappa shape index (κ3) is 2.51. The second-order valence-electron chi connectivity index (χ2n) is 3.31. The van der Waals surface area contributed by atoms with E-state index in [2.05, 4.69) is 6.92 Å². The van der Waals surface area contributed by atoms with E-state index in [-0.39, 0.29) is 0 Å². The van der Waals surface area contributed by atoms with E-state index in [0.29, 0.717) is 5.30 Å². The largest absolute Gasteiger partial charge is 0.204 e. The van der Waals surface area contributed by atoms with Gasteiger partial charge >= 0.3 is 0 Å². The molecule has 1 aromatic rings. The van der Waals surface area contributed by atoms with E-state index in [1.54, 1.807) is 12.1 Å². The summed E-state index contributed by atoms with van der Waals surface area (Å²) >= 11 is 0. The molecule has 1 atom stereocenters. The number of hydrogen-bond donors (Lipinski definition) is 0. The fourth-order valence-corrected chi connectivity index (χ4v) is 3.95. The van der Waals surface area contributed by atoms with Gasteiger partial charge < -0.3 is 0 Å². The fraction of sp³-hybridized carbons (Fsp3) is 0.455. The minimum Gasteiger partial charge on any atom is -0.204 e. The van der Waals surface area contributed by atoms with Crippen LogP contribution in [0.3, 0.4) is 0 Å². The lowest BCUT2D eigenvalue weighted by atomic mass is 10.3. The van der Waals surface area contributed by atoms with E-state index in [1.165, 1.54) is 6.07 Å². The predicted octanol–water partition coefficient (Wildman–Crippen LogP) is 3.23. The monoisotopic (exact) mass is 217 g/mol. The molecule has 78 valence electrons. The molecule has 1 aromatic carbocycles. The highest BCUT2D eigenvalue weighted by Crippen LogP contribution is 2.35. The maximum atomic E-state index is 13.4. The van der Waals surface area contributed by atoms with E-state index in [4.69, 9.17) is 0 Å². The molecule has 0 aromatic heterocycles. The van der Waals surface area contributed by atoms with Crippen molar-refractivity contribution in [2.75, 3.05) is 12.3 Å². The zero-order chi connectivity index (χ0) is 10.6. The Morgan fingerprint density at radius 3 is 2.50 bits per heavy atom. The molecule has 0 amide bonds. The molecule has 0 heterocycles. The molecular weight excluding hydrogens is 201 g/mol. The van der Waals surface area contributed by atoms with Gasteiger partial charge in [0.15, 0.2) is 5.82 Å². The Balaban J connectivity index is 2.97. The molecule has 0 N–H and O–H groups in total. The Morgan fingerprint density at radius 2 is 1.93 bits per heavy atom. The van der Waals surface area contributed by atoms with Crippen molar-refractivity contribution in [3.05, 3.63) is 29.8 Å². The van der Waals surface area contributed by atoms with Crippen molar-refractivity contribution in [2.24, 2.45) is 0 Å². The number of hydrogen-bond acceptors (Lipinski definition) is 0. The molecule has 0 aliphatic carbocycles. The molecule has 14 heavy (non-hydrogen) atoms. The van der Waals surface area contributed by atoms with Crippen molar-refractivity contribution >= 4 is 13.2 Å². The highest BCUT2D eigenvalue weighted by Gasteiger charge is 2.22. The normalized spacial score (nSPS) is 12.9. The van der Waals surface area contributed by atoms with Crippen LogP contribution in [0.25, 0.3) is 0 Å². The topological polar surface area (TPSA) is 0 Å². The average Bonchev–Trinajstić information content (AvgIpc) is 2.19. The minimum atomic E-state index is -0.880. The van der Waals surface area contributed by atoms with E-state index < -0.39 is 19.6 Å². The molecule has 0 aliphatic heterocycles. The summed E-state index contributed by atoms with van der Waals surface area (Å²) in [7, 11) is -0.880. The Labute approximate surface area is 85.1 Å². The van der Waals surface area contributed by atoms with Crippen molar-refractivity contribution in [2.45, 2.75) is 20.3 Å². The lowest BCUT2D eigenvalue weighted by Gasteiger charge is -2.07. The van der Waals surface area contributed by atoms with Crippen molar-refractivity contribution in [1.82, 2.24) is 0 Å². The SMILES string of the molecule is CCC[PH+](CC)c1cccc(F)c1F. The summed E-state index contributed by atoms with van der Waals surface area (Å²) in [5.74, 6) is -1.34. The van der Waals surface area contributed by atoms with Crippen LogP contribution in [-0.4, -0.2) is 12.3 Å². The average molecular weight is 217 g/mol. The summed E-state index contributed by atoms with van der Waals surface area (Å²) in [5.41, 5.74) is 0. The van der Waals surface area contributed by atoms with E-state index >= 15 is 0 Å². The maximum absolute atomic E-state index is 13.4. The van der Waals surface area contributed by atoms with E-state index in [9.17, 15) is 8.78 Å². The predicted molar refractivity (Wildman–Crippen MR) is 60.0 cm³/mol. The molecular formula is C11H16F2P+. The van der Waals surface area contributed by atoms with Gasteiger partial charge in [0, 0.05) is 7.92 Å². The molecule has 0 saturated carbocycles. The van der Waals surface area contributed by atoms with Gasteiger partial charge in [0.05, 0.1) is 12.3 Å². The smallest absolute Gasteiger partial charge is 0.200 e. The van der Waals surface area contributed by atoms with Crippen LogP contribution in [-0.2, 0) is 0 Å². The van der Waals surface area contributed by atoms with Crippen molar-refractivity contribution in [1.29, 1.82) is 0 Å². The summed E-state index contributed by atoms with van der Waals surface area (Å²) in [4.78, 5) is 0. The summed E-state index contributed by atoms with van der Waals surface area (Å²) < 4.78 is 26.4. The first-order valence-corrected chi connectivity index (χ1v) is 6.91. The zero-order valence-electron chi connectivity index (χ0n) is 8.61. The third-order valence-electron chi connectivity index (χ3n) is 2.31. The van der Waals surface area contributed by atoms with E-state index in [0.717, 1.165) is 18.7 Å². The minimum absolute atomic E-state index is 0.624. The van der Waals surface area contributed by atoms with Crippen LogP contribution in [0.1, 0.15) is 20.3 Å². The van der Waals surface area contributed by atoms with Crippen molar-refractivity contribution in [3.63, 3.8) is 0 Å². The standard InChI is InChI=1S/C11H15F2P/c1-3-8-14(4-2)10-7-5-6-9(12)11(10)13/h5-7H,3-4,8H2,1-2H3/p+1. The van der Waals surface area contributed by atoms with Crippen LogP contribution in [0.5, 0.6) is 0 Å². The molecule has 0 aliphatic rings. The van der Waals surface area contributed by atoms with Gasteiger partial charge in [-0.2, -0.15) is 4.39 Å². The van der Waals surface area contributed by atoms with Crippen LogP contribution in [0.2, 0.25) is 0 Å². The van der Waals surface area contributed by atoms with Crippen LogP contribution in [0.15, 0.2) is 18.2 Å². The van der Waals surface area contributed by atoms with Gasteiger partial charge in [-0.15, -0.1) is 0 Å². The molecule has 1 unspecified atom stereocenters. The third-order valence-corrected chi connectivity index (χ3v) is 5.42. The Morgan fingerprint density at radius 1 is 1.21 bits per heavy atom. The molecule has 1 rings (SSSR count). The number of benzene rings is 1. The first kappa shape index (κ1) is 11.6. The maximum Gasteiger partial charge on any atom is 0.200 e. The van der Waals surface area contributed by atoms with Gasteiger partial charge in [-0.3, -0.25) is 0 Å². The molecule has 0 spiro atoms. The first-order chi connectivity index (χ1) is 6.70. The molecule has 3 heteroatoms.